The molecule has 1 aliphatic heterocycles. The first-order valence-electron chi connectivity index (χ1n) is 8.17. The highest BCUT2D eigenvalue weighted by atomic mass is 16.5. The highest BCUT2D eigenvalue weighted by Crippen LogP contribution is 2.35. The van der Waals surface area contributed by atoms with E-state index in [9.17, 15) is 0 Å². The van der Waals surface area contributed by atoms with Crippen LogP contribution >= 0.6 is 0 Å². The fraction of sp³-hybridized carbons (Fsp3) is 0.444. The lowest BCUT2D eigenvalue weighted by Crippen LogP contribution is -2.07. The van der Waals surface area contributed by atoms with Crippen molar-refractivity contribution in [3.63, 3.8) is 0 Å². The number of benzene rings is 1. The lowest BCUT2D eigenvalue weighted by Gasteiger charge is -2.13. The smallest absolute Gasteiger partial charge is 0.226 e. The van der Waals surface area contributed by atoms with Crippen LogP contribution in [-0.2, 0) is 13.0 Å². The van der Waals surface area contributed by atoms with E-state index in [1.807, 2.05) is 19.9 Å². The van der Waals surface area contributed by atoms with Gasteiger partial charge in [0.1, 0.15) is 17.6 Å². The van der Waals surface area contributed by atoms with Crippen LogP contribution in [0.3, 0.4) is 0 Å². The van der Waals surface area contributed by atoms with Gasteiger partial charge in [0.25, 0.3) is 0 Å². The zero-order chi connectivity index (χ0) is 17.1. The number of ether oxygens (including phenoxy) is 3. The lowest BCUT2D eigenvalue weighted by molar-refractivity contribution is 0.254. The van der Waals surface area contributed by atoms with Gasteiger partial charge in [-0.25, -0.2) is 4.98 Å². The summed E-state index contributed by atoms with van der Waals surface area (Å²) in [5.74, 6) is 2.89. The summed E-state index contributed by atoms with van der Waals surface area (Å²) in [6.45, 7) is 7.14. The number of nitrogens with one attached hydrogen (secondary N) is 1. The van der Waals surface area contributed by atoms with Crippen molar-refractivity contribution in [2.45, 2.75) is 39.8 Å². The van der Waals surface area contributed by atoms with Gasteiger partial charge in [-0.2, -0.15) is 4.98 Å². The fourth-order valence-corrected chi connectivity index (χ4v) is 2.81. The standard InChI is InChI=1S/C18H23N3O3/c1-5-23-15-8-13-7-12(3)24-16(13)9-14(15)10-19-18-20-11(2)6-17(21-18)22-4/h6,8-9,12H,5,7,10H2,1-4H3,(H,19,20,21). The van der Waals surface area contributed by atoms with Crippen LogP contribution in [0, 0.1) is 6.92 Å². The molecule has 24 heavy (non-hydrogen) atoms. The van der Waals surface area contributed by atoms with Crippen LogP contribution in [0.15, 0.2) is 18.2 Å². The molecule has 3 rings (SSSR count). The average Bonchev–Trinajstić information content (AvgIpc) is 2.91. The van der Waals surface area contributed by atoms with Crippen molar-refractivity contribution in [3.05, 3.63) is 35.0 Å². The predicted molar refractivity (Wildman–Crippen MR) is 92.1 cm³/mol. The number of methoxy groups -OCH3 is 1. The Morgan fingerprint density at radius 2 is 2.12 bits per heavy atom. The van der Waals surface area contributed by atoms with Gasteiger partial charge in [-0.3, -0.25) is 0 Å². The largest absolute Gasteiger partial charge is 0.494 e. The molecule has 6 heteroatoms. The molecule has 1 atom stereocenters. The summed E-state index contributed by atoms with van der Waals surface area (Å²) in [4.78, 5) is 8.69. The Labute approximate surface area is 142 Å². The van der Waals surface area contributed by atoms with Gasteiger partial charge in [0.05, 0.1) is 13.7 Å². The minimum atomic E-state index is 0.210. The molecule has 1 unspecified atom stereocenters. The molecule has 1 aromatic carbocycles. The van der Waals surface area contributed by atoms with E-state index in [1.165, 1.54) is 5.56 Å². The van der Waals surface area contributed by atoms with E-state index in [-0.39, 0.29) is 6.10 Å². The van der Waals surface area contributed by atoms with Crippen molar-refractivity contribution in [2.24, 2.45) is 0 Å². The molecule has 0 fully saturated rings. The van der Waals surface area contributed by atoms with Crippen LogP contribution in [0.25, 0.3) is 0 Å². The van der Waals surface area contributed by atoms with E-state index in [0.29, 0.717) is 25.0 Å². The minimum Gasteiger partial charge on any atom is -0.494 e. The topological polar surface area (TPSA) is 65.5 Å². The van der Waals surface area contributed by atoms with E-state index in [1.54, 1.807) is 13.2 Å². The van der Waals surface area contributed by atoms with Gasteiger partial charge in [-0.15, -0.1) is 0 Å². The second-order valence-electron chi connectivity index (χ2n) is 5.86. The number of anilines is 1. The molecular formula is C18H23N3O3. The predicted octanol–water partition coefficient (Wildman–Crippen LogP) is 3.13. The Morgan fingerprint density at radius 3 is 2.88 bits per heavy atom. The van der Waals surface area contributed by atoms with Crippen LogP contribution in [0.1, 0.15) is 30.7 Å². The van der Waals surface area contributed by atoms with Crippen LogP contribution in [0.2, 0.25) is 0 Å². The molecule has 0 amide bonds. The van der Waals surface area contributed by atoms with Crippen molar-refractivity contribution in [3.8, 4) is 17.4 Å². The molecule has 2 aromatic rings. The molecule has 0 aliphatic carbocycles. The van der Waals surface area contributed by atoms with Gasteiger partial charge >= 0.3 is 0 Å². The highest BCUT2D eigenvalue weighted by molar-refractivity contribution is 5.49. The summed E-state index contributed by atoms with van der Waals surface area (Å²) >= 11 is 0. The molecule has 6 nitrogen and oxygen atoms in total. The molecule has 0 saturated heterocycles. The number of aromatic nitrogens is 2. The van der Waals surface area contributed by atoms with Crippen molar-refractivity contribution in [2.75, 3.05) is 19.0 Å². The summed E-state index contributed by atoms with van der Waals surface area (Å²) < 4.78 is 16.8. The Kier molecular flexibility index (Phi) is 4.74. The molecule has 0 saturated carbocycles. The third kappa shape index (κ3) is 3.53. The SMILES string of the molecule is CCOc1cc2c(cc1CNc1nc(C)cc(OC)n1)OC(C)C2. The summed E-state index contributed by atoms with van der Waals surface area (Å²) in [7, 11) is 1.59. The molecule has 1 aromatic heterocycles. The van der Waals surface area contributed by atoms with Crippen LogP contribution < -0.4 is 19.5 Å². The van der Waals surface area contributed by atoms with Crippen LogP contribution in [-0.4, -0.2) is 29.8 Å². The maximum Gasteiger partial charge on any atom is 0.226 e. The van der Waals surface area contributed by atoms with Crippen molar-refractivity contribution < 1.29 is 14.2 Å². The van der Waals surface area contributed by atoms with Gasteiger partial charge in [-0.1, -0.05) is 0 Å². The zero-order valence-electron chi connectivity index (χ0n) is 14.5. The first-order valence-corrected chi connectivity index (χ1v) is 8.17. The average molecular weight is 329 g/mol. The third-order valence-electron chi connectivity index (χ3n) is 3.86. The van der Waals surface area contributed by atoms with Crippen molar-refractivity contribution in [1.29, 1.82) is 0 Å². The van der Waals surface area contributed by atoms with E-state index in [4.69, 9.17) is 14.2 Å². The number of nitrogens with zero attached hydrogens (tertiary/aromatic N) is 2. The quantitative estimate of drug-likeness (QED) is 0.878. The van der Waals surface area contributed by atoms with E-state index >= 15 is 0 Å². The second-order valence-corrected chi connectivity index (χ2v) is 5.86. The van der Waals surface area contributed by atoms with E-state index < -0.39 is 0 Å². The molecule has 0 bridgehead atoms. The first kappa shape index (κ1) is 16.4. The van der Waals surface area contributed by atoms with Crippen LogP contribution in [0.4, 0.5) is 5.95 Å². The van der Waals surface area contributed by atoms with Crippen molar-refractivity contribution in [1.82, 2.24) is 9.97 Å². The summed E-state index contributed by atoms with van der Waals surface area (Å²) in [6.07, 6.45) is 1.13. The molecule has 0 radical (unpaired) electrons. The number of rotatable bonds is 6. The Hall–Kier alpha value is -2.50. The van der Waals surface area contributed by atoms with Gasteiger partial charge in [0.15, 0.2) is 0 Å². The zero-order valence-corrected chi connectivity index (χ0v) is 14.5. The molecule has 1 N–H and O–H groups in total. The van der Waals surface area contributed by atoms with Crippen molar-refractivity contribution >= 4 is 5.95 Å². The maximum absolute atomic E-state index is 5.85. The highest BCUT2D eigenvalue weighted by Gasteiger charge is 2.21. The lowest BCUT2D eigenvalue weighted by atomic mass is 10.1. The first-order chi connectivity index (χ1) is 11.6. The molecule has 128 valence electrons. The number of hydrogen-bond acceptors (Lipinski definition) is 6. The Balaban J connectivity index is 1.82. The van der Waals surface area contributed by atoms with Gasteiger partial charge in [-0.05, 0) is 32.9 Å². The summed E-state index contributed by atoms with van der Waals surface area (Å²) in [5.41, 5.74) is 3.07. The molecule has 1 aliphatic rings. The molecule has 0 spiro atoms. The maximum atomic E-state index is 5.85. The third-order valence-corrected chi connectivity index (χ3v) is 3.86. The number of hydrogen-bond donors (Lipinski definition) is 1. The van der Waals surface area contributed by atoms with Crippen LogP contribution in [0.5, 0.6) is 17.4 Å². The summed E-state index contributed by atoms with van der Waals surface area (Å²) in [5, 5.41) is 3.24. The normalized spacial score (nSPS) is 15.6. The van der Waals surface area contributed by atoms with Gasteiger partial charge in [0, 0.05) is 35.9 Å². The monoisotopic (exact) mass is 329 g/mol. The molecule has 2 heterocycles. The second kappa shape index (κ2) is 6.95. The molecular weight excluding hydrogens is 306 g/mol. The summed E-state index contributed by atoms with van der Waals surface area (Å²) in [6, 6.07) is 5.92. The Morgan fingerprint density at radius 1 is 1.29 bits per heavy atom. The van der Waals surface area contributed by atoms with Gasteiger partial charge in [0.2, 0.25) is 11.8 Å². The minimum absolute atomic E-state index is 0.210. The fourth-order valence-electron chi connectivity index (χ4n) is 2.81. The number of fused-ring (bicyclic) bond motifs is 1. The van der Waals surface area contributed by atoms with E-state index in [2.05, 4.69) is 28.3 Å². The van der Waals surface area contributed by atoms with E-state index in [0.717, 1.165) is 29.2 Å². The number of aryl methyl sites for hydroxylation is 1. The van der Waals surface area contributed by atoms with Gasteiger partial charge < -0.3 is 19.5 Å². The Bertz CT molecular complexity index is 734.